The van der Waals surface area contributed by atoms with Gasteiger partial charge in [-0.1, -0.05) is 0 Å². The number of halogens is 1. The number of methoxy groups -OCH3 is 1. The third kappa shape index (κ3) is 2.38. The number of benzene rings is 1. The lowest BCUT2D eigenvalue weighted by Gasteiger charge is -2.12. The highest BCUT2D eigenvalue weighted by Gasteiger charge is 2.38. The van der Waals surface area contributed by atoms with Gasteiger partial charge in [-0.25, -0.2) is 0 Å². The second-order valence-corrected chi connectivity index (χ2v) is 5.22. The zero-order chi connectivity index (χ0) is 11.8. The molecule has 1 aromatic rings. The highest BCUT2D eigenvalue weighted by atomic mass is 79.9. The van der Waals surface area contributed by atoms with Crippen LogP contribution in [0.4, 0.5) is 0 Å². The minimum absolute atomic E-state index is 0.0113. The summed E-state index contributed by atoms with van der Waals surface area (Å²) in [5.74, 6) is 0.638. The molecule has 1 amide bonds. The zero-order valence-electron chi connectivity index (χ0n) is 9.34. The van der Waals surface area contributed by atoms with Crippen LogP contribution >= 0.6 is 15.9 Å². The number of hydrogen-bond donors (Lipinski definition) is 1. The van der Waals surface area contributed by atoms with Crippen LogP contribution in [0.15, 0.2) is 22.7 Å². The maximum atomic E-state index is 11.9. The number of nitrogens with one attached hydrogen (secondary N) is 1. The van der Waals surface area contributed by atoms with Crippen molar-refractivity contribution in [3.05, 3.63) is 28.2 Å². The Kier molecular flexibility index (Phi) is 2.93. The molecule has 0 aromatic heterocycles. The highest BCUT2D eigenvalue weighted by Crippen LogP contribution is 2.35. The van der Waals surface area contributed by atoms with Crippen LogP contribution in [-0.2, 0) is 0 Å². The first-order chi connectivity index (χ1) is 7.54. The van der Waals surface area contributed by atoms with E-state index in [0.29, 0.717) is 11.3 Å². The van der Waals surface area contributed by atoms with Crippen molar-refractivity contribution < 1.29 is 9.53 Å². The molecule has 1 N–H and O–H groups in total. The minimum Gasteiger partial charge on any atom is -0.496 e. The largest absolute Gasteiger partial charge is 0.496 e. The Morgan fingerprint density at radius 1 is 1.50 bits per heavy atom. The molecule has 16 heavy (non-hydrogen) atoms. The molecule has 0 aliphatic heterocycles. The molecule has 0 unspecified atom stereocenters. The lowest BCUT2D eigenvalue weighted by atomic mass is 10.2. The van der Waals surface area contributed by atoms with Crippen LogP contribution in [0.5, 0.6) is 5.75 Å². The third-order valence-electron chi connectivity index (χ3n) is 2.83. The summed E-state index contributed by atoms with van der Waals surface area (Å²) in [4.78, 5) is 11.9. The molecule has 4 heteroatoms. The molecule has 0 bridgehead atoms. The molecule has 0 radical (unpaired) electrons. The monoisotopic (exact) mass is 283 g/mol. The molecule has 0 spiro atoms. The van der Waals surface area contributed by atoms with Crippen molar-refractivity contribution in [3.63, 3.8) is 0 Å². The summed E-state index contributed by atoms with van der Waals surface area (Å²) in [5.41, 5.74) is 0.644. The normalized spacial score (nSPS) is 16.7. The van der Waals surface area contributed by atoms with E-state index in [1.54, 1.807) is 19.2 Å². The average Bonchev–Trinajstić information content (AvgIpc) is 2.96. The Morgan fingerprint density at radius 3 is 2.75 bits per heavy atom. The van der Waals surface area contributed by atoms with E-state index in [4.69, 9.17) is 4.74 Å². The number of rotatable bonds is 3. The van der Waals surface area contributed by atoms with Gasteiger partial charge in [-0.3, -0.25) is 4.79 Å². The summed E-state index contributed by atoms with van der Waals surface area (Å²) in [5, 5.41) is 3.01. The first-order valence-corrected chi connectivity index (χ1v) is 5.99. The molecule has 3 nitrogen and oxygen atoms in total. The molecule has 1 aliphatic rings. The third-order valence-corrected chi connectivity index (χ3v) is 3.48. The summed E-state index contributed by atoms with van der Waals surface area (Å²) in [6.45, 7) is 2.06. The van der Waals surface area contributed by atoms with E-state index in [0.717, 1.165) is 17.3 Å². The van der Waals surface area contributed by atoms with Crippen molar-refractivity contribution in [1.82, 2.24) is 5.32 Å². The van der Waals surface area contributed by atoms with E-state index >= 15 is 0 Å². The fourth-order valence-corrected chi connectivity index (χ4v) is 1.87. The molecule has 0 heterocycles. The molecule has 1 aliphatic carbocycles. The Labute approximate surface area is 103 Å². The summed E-state index contributed by atoms with van der Waals surface area (Å²) in [6.07, 6.45) is 2.12. The fraction of sp³-hybridized carbons (Fsp3) is 0.417. The van der Waals surface area contributed by atoms with Crippen molar-refractivity contribution in [1.29, 1.82) is 0 Å². The van der Waals surface area contributed by atoms with Gasteiger partial charge in [0.25, 0.3) is 5.91 Å². The summed E-state index contributed by atoms with van der Waals surface area (Å²) in [7, 11) is 1.59. The van der Waals surface area contributed by atoms with Crippen molar-refractivity contribution in [2.45, 2.75) is 25.3 Å². The summed E-state index contributed by atoms with van der Waals surface area (Å²) < 4.78 is 6.01. The second kappa shape index (κ2) is 4.09. The maximum absolute atomic E-state index is 11.9. The van der Waals surface area contributed by atoms with Gasteiger partial charge in [-0.2, -0.15) is 0 Å². The average molecular weight is 284 g/mol. The van der Waals surface area contributed by atoms with Gasteiger partial charge in [-0.05, 0) is 53.9 Å². The van der Waals surface area contributed by atoms with Crippen LogP contribution in [0.1, 0.15) is 30.1 Å². The number of ether oxygens (including phenoxy) is 1. The second-order valence-electron chi connectivity index (χ2n) is 4.36. The number of carbonyl (C=O) groups excluding carboxylic acids is 1. The predicted octanol–water partition coefficient (Wildman–Crippen LogP) is 2.74. The van der Waals surface area contributed by atoms with Crippen LogP contribution < -0.4 is 10.1 Å². The standard InChI is InChI=1S/C12H14BrNO2/c1-12(5-6-12)14-11(15)8-3-4-9(13)10(7-8)16-2/h3-4,7H,5-6H2,1-2H3,(H,14,15). The Morgan fingerprint density at radius 2 is 2.19 bits per heavy atom. The van der Waals surface area contributed by atoms with Crippen LogP contribution in [0.3, 0.4) is 0 Å². The molecule has 1 saturated carbocycles. The van der Waals surface area contributed by atoms with Crippen LogP contribution in [0.2, 0.25) is 0 Å². The zero-order valence-corrected chi connectivity index (χ0v) is 10.9. The van der Waals surface area contributed by atoms with Crippen molar-refractivity contribution in [2.75, 3.05) is 7.11 Å². The molecule has 1 fully saturated rings. The van der Waals surface area contributed by atoms with E-state index in [-0.39, 0.29) is 11.4 Å². The van der Waals surface area contributed by atoms with Crippen molar-refractivity contribution in [2.24, 2.45) is 0 Å². The number of hydrogen-bond acceptors (Lipinski definition) is 2. The van der Waals surface area contributed by atoms with Crippen LogP contribution in [0, 0.1) is 0 Å². The van der Waals surface area contributed by atoms with Gasteiger partial charge in [0.2, 0.25) is 0 Å². The van der Waals surface area contributed by atoms with E-state index in [2.05, 4.69) is 28.2 Å². The van der Waals surface area contributed by atoms with E-state index in [1.807, 2.05) is 6.07 Å². The number of amides is 1. The van der Waals surface area contributed by atoms with Crippen LogP contribution in [0.25, 0.3) is 0 Å². The Hall–Kier alpha value is -1.03. The van der Waals surface area contributed by atoms with E-state index in [1.165, 1.54) is 0 Å². The van der Waals surface area contributed by atoms with Crippen molar-refractivity contribution in [3.8, 4) is 5.75 Å². The van der Waals surface area contributed by atoms with Gasteiger partial charge in [0.15, 0.2) is 0 Å². The maximum Gasteiger partial charge on any atom is 0.251 e. The molecular formula is C12H14BrNO2. The summed E-state index contributed by atoms with van der Waals surface area (Å²) in [6, 6.07) is 5.35. The quantitative estimate of drug-likeness (QED) is 0.926. The van der Waals surface area contributed by atoms with Gasteiger partial charge in [0.1, 0.15) is 5.75 Å². The topological polar surface area (TPSA) is 38.3 Å². The SMILES string of the molecule is COc1cc(C(=O)NC2(C)CC2)ccc1Br. The van der Waals surface area contributed by atoms with Gasteiger partial charge < -0.3 is 10.1 Å². The van der Waals surface area contributed by atoms with Gasteiger partial charge in [0.05, 0.1) is 11.6 Å². The van der Waals surface area contributed by atoms with Crippen LogP contribution in [-0.4, -0.2) is 18.6 Å². The molecule has 1 aromatic carbocycles. The lowest BCUT2D eigenvalue weighted by molar-refractivity contribution is 0.0935. The highest BCUT2D eigenvalue weighted by molar-refractivity contribution is 9.10. The minimum atomic E-state index is -0.0363. The van der Waals surface area contributed by atoms with Gasteiger partial charge in [0, 0.05) is 11.1 Å². The first kappa shape index (κ1) is 11.5. The molecular weight excluding hydrogens is 270 g/mol. The number of carbonyl (C=O) groups is 1. The fourth-order valence-electron chi connectivity index (χ4n) is 1.46. The molecule has 86 valence electrons. The Balaban J connectivity index is 2.16. The molecule has 0 saturated heterocycles. The molecule has 0 atom stereocenters. The lowest BCUT2D eigenvalue weighted by Crippen LogP contribution is -2.34. The van der Waals surface area contributed by atoms with E-state index < -0.39 is 0 Å². The Bertz CT molecular complexity index is 427. The first-order valence-electron chi connectivity index (χ1n) is 5.20. The van der Waals surface area contributed by atoms with E-state index in [9.17, 15) is 4.79 Å². The van der Waals surface area contributed by atoms with Crippen molar-refractivity contribution >= 4 is 21.8 Å². The summed E-state index contributed by atoms with van der Waals surface area (Å²) >= 11 is 3.36. The van der Waals surface area contributed by atoms with Gasteiger partial charge in [-0.15, -0.1) is 0 Å². The predicted molar refractivity (Wildman–Crippen MR) is 65.8 cm³/mol. The van der Waals surface area contributed by atoms with Gasteiger partial charge >= 0.3 is 0 Å². The smallest absolute Gasteiger partial charge is 0.251 e. The molecule has 2 rings (SSSR count).